The van der Waals surface area contributed by atoms with E-state index in [-0.39, 0.29) is 45.6 Å². The summed E-state index contributed by atoms with van der Waals surface area (Å²) >= 11 is 0. The quantitative estimate of drug-likeness (QED) is 0.112. The number of carboxylic acids is 1. The summed E-state index contributed by atoms with van der Waals surface area (Å²) < 4.78 is 30.6. The summed E-state index contributed by atoms with van der Waals surface area (Å²) in [6.07, 6.45) is -4.96. The van der Waals surface area contributed by atoms with Crippen LogP contribution in [0.5, 0.6) is 23.0 Å². The minimum atomic E-state index is -2.52. The van der Waals surface area contributed by atoms with Gasteiger partial charge in [-0.2, -0.15) is 0 Å². The molecule has 0 aliphatic rings. The van der Waals surface area contributed by atoms with Crippen molar-refractivity contribution in [1.29, 1.82) is 0 Å². The zero-order valence-corrected chi connectivity index (χ0v) is 27.6. The molecule has 0 radical (unpaired) electrons. The highest BCUT2D eigenvalue weighted by atomic mass is 16.6. The van der Waals surface area contributed by atoms with Gasteiger partial charge in [0.1, 0.15) is 0 Å². The lowest BCUT2D eigenvalue weighted by Crippen LogP contribution is -2.54. The number of esters is 4. The number of nitrogens with one attached hydrogen (secondary N) is 3. The van der Waals surface area contributed by atoms with Crippen molar-refractivity contribution >= 4 is 53.3 Å². The molecule has 2 atom stereocenters. The topological polar surface area (TPSA) is 248 Å². The molecule has 268 valence electrons. The first-order valence-corrected chi connectivity index (χ1v) is 14.5. The van der Waals surface area contributed by atoms with Gasteiger partial charge in [-0.1, -0.05) is 0 Å². The van der Waals surface area contributed by atoms with E-state index in [1.807, 2.05) is 10.9 Å². The highest BCUT2D eigenvalue weighted by Gasteiger charge is 2.41. The Bertz CT molecular complexity index is 1860. The molecule has 18 nitrogen and oxygen atoms in total. The van der Waals surface area contributed by atoms with Crippen LogP contribution in [0.3, 0.4) is 0 Å². The minimum absolute atomic E-state index is 0.00901. The Balaban J connectivity index is 1.93. The molecule has 0 bridgehead atoms. The van der Waals surface area contributed by atoms with Crippen LogP contribution in [-0.4, -0.2) is 79.1 Å². The molecule has 3 aromatic rings. The maximum Gasteiger partial charge on any atom is 0.349 e. The Morgan fingerprint density at radius 3 is 1.45 bits per heavy atom. The zero-order valence-electron chi connectivity index (χ0n) is 27.6. The number of carboxylic acid groups (broad SMARTS) is 1. The van der Waals surface area contributed by atoms with E-state index in [0.717, 1.165) is 38.1 Å². The van der Waals surface area contributed by atoms with E-state index in [1.54, 1.807) is 0 Å². The number of benzene rings is 3. The Kier molecular flexibility index (Phi) is 13.1. The summed E-state index contributed by atoms with van der Waals surface area (Å²) in [5.41, 5.74) is 3.71. The number of amides is 3. The normalized spacial score (nSPS) is 11.4. The van der Waals surface area contributed by atoms with E-state index < -0.39 is 53.9 Å². The molecule has 0 saturated heterocycles. The molecule has 18 heteroatoms. The van der Waals surface area contributed by atoms with Crippen molar-refractivity contribution in [1.82, 2.24) is 10.9 Å². The Morgan fingerprint density at radius 2 is 1.04 bits per heavy atom. The van der Waals surface area contributed by atoms with Crippen LogP contribution < -0.4 is 35.1 Å². The summed E-state index contributed by atoms with van der Waals surface area (Å²) in [6.45, 7) is 3.54. The summed E-state index contributed by atoms with van der Waals surface area (Å²) in [5, 5.41) is 12.6. The molecule has 0 fully saturated rings. The molecule has 0 aliphatic heterocycles. The van der Waals surface area contributed by atoms with Gasteiger partial charge in [-0.3, -0.25) is 34.8 Å². The SMILES string of the molecule is COc1cc(C(=O)O[C@H](C(=O)O)[C@@H](OC(=O)c2ccc(OC(C)=O)c(OC)c2)C(=O)NNC(=O)c2ccc(NC(C)=O)cc2)ccc1OC(C)=O. The van der Waals surface area contributed by atoms with Crippen LogP contribution in [0, 0.1) is 0 Å². The minimum Gasteiger partial charge on any atom is -0.493 e. The van der Waals surface area contributed by atoms with Crippen LogP contribution in [0.2, 0.25) is 0 Å². The molecule has 3 rings (SSSR count). The lowest BCUT2D eigenvalue weighted by Gasteiger charge is -2.24. The van der Waals surface area contributed by atoms with Gasteiger partial charge in [0.15, 0.2) is 23.0 Å². The third-order valence-corrected chi connectivity index (χ3v) is 6.32. The van der Waals surface area contributed by atoms with Crippen molar-refractivity contribution < 1.29 is 71.9 Å². The average molecular weight is 710 g/mol. The highest BCUT2D eigenvalue weighted by molar-refractivity contribution is 6.00. The van der Waals surface area contributed by atoms with E-state index in [0.29, 0.717) is 5.69 Å². The maximum absolute atomic E-state index is 13.4. The van der Waals surface area contributed by atoms with Crippen molar-refractivity contribution in [3.8, 4) is 23.0 Å². The van der Waals surface area contributed by atoms with Gasteiger partial charge in [0.25, 0.3) is 11.8 Å². The Morgan fingerprint density at radius 1 is 0.588 bits per heavy atom. The molecule has 0 spiro atoms. The largest absolute Gasteiger partial charge is 0.493 e. The van der Waals surface area contributed by atoms with Crippen LogP contribution in [0.25, 0.3) is 0 Å². The van der Waals surface area contributed by atoms with Gasteiger partial charge in [-0.05, 0) is 60.7 Å². The van der Waals surface area contributed by atoms with Crippen molar-refractivity contribution in [2.24, 2.45) is 0 Å². The lowest BCUT2D eigenvalue weighted by atomic mass is 10.1. The molecule has 51 heavy (non-hydrogen) atoms. The molecule has 3 aromatic carbocycles. The van der Waals surface area contributed by atoms with Gasteiger partial charge in [0.2, 0.25) is 18.1 Å². The number of carbonyl (C=O) groups is 8. The lowest BCUT2D eigenvalue weighted by molar-refractivity contribution is -0.159. The molecule has 0 aliphatic carbocycles. The van der Waals surface area contributed by atoms with E-state index in [2.05, 4.69) is 5.32 Å². The number of ether oxygens (including phenoxy) is 6. The molecule has 3 amide bonds. The van der Waals surface area contributed by atoms with Gasteiger partial charge in [-0.15, -0.1) is 0 Å². The number of carbonyl (C=O) groups excluding carboxylic acids is 7. The second-order valence-electron chi connectivity index (χ2n) is 10.1. The number of aliphatic carboxylic acids is 1. The van der Waals surface area contributed by atoms with Gasteiger partial charge in [0.05, 0.1) is 25.3 Å². The molecular formula is C33H31N3O15. The second kappa shape index (κ2) is 17.4. The zero-order chi connectivity index (χ0) is 37.8. The number of hydrazine groups is 1. The summed E-state index contributed by atoms with van der Waals surface area (Å²) in [5.74, 6) is -9.06. The first kappa shape index (κ1) is 38.5. The summed E-state index contributed by atoms with van der Waals surface area (Å²) in [7, 11) is 2.41. The van der Waals surface area contributed by atoms with Crippen molar-refractivity contribution in [3.05, 3.63) is 77.4 Å². The number of methoxy groups -OCH3 is 2. The first-order chi connectivity index (χ1) is 24.1. The number of rotatable bonds is 13. The second-order valence-corrected chi connectivity index (χ2v) is 10.1. The third kappa shape index (κ3) is 10.8. The Hall–Kier alpha value is -6.98. The summed E-state index contributed by atoms with van der Waals surface area (Å²) in [4.78, 5) is 99.0. The molecular weight excluding hydrogens is 678 g/mol. The van der Waals surface area contributed by atoms with Crippen LogP contribution >= 0.6 is 0 Å². The highest BCUT2D eigenvalue weighted by Crippen LogP contribution is 2.30. The molecule has 0 aromatic heterocycles. The smallest absolute Gasteiger partial charge is 0.349 e. The number of anilines is 1. The monoisotopic (exact) mass is 709 g/mol. The molecule has 0 unspecified atom stereocenters. The van der Waals surface area contributed by atoms with Crippen molar-refractivity contribution in [2.75, 3.05) is 19.5 Å². The fourth-order valence-electron chi connectivity index (χ4n) is 4.10. The predicted molar refractivity (Wildman–Crippen MR) is 171 cm³/mol. The molecule has 4 N–H and O–H groups in total. The van der Waals surface area contributed by atoms with Gasteiger partial charge < -0.3 is 38.8 Å². The van der Waals surface area contributed by atoms with Gasteiger partial charge in [-0.25, -0.2) is 14.4 Å². The van der Waals surface area contributed by atoms with Crippen LogP contribution in [0.1, 0.15) is 51.8 Å². The standard InChI is InChI=1S/C33H31N3O15/c1-16(37)34-22-10-6-19(7-11-22)29(40)35-36-30(41)27(50-32(44)20-8-12-23(48-17(2)38)25(14-20)46-4)28(31(42)43)51-33(45)21-9-13-24(49-18(3)39)26(15-21)47-5/h6-15,27-28H,1-5H3,(H,34,37)(H,35,40)(H,36,41)(H,42,43)/t27-,28+/m1/s1. The molecule has 0 heterocycles. The summed E-state index contributed by atoms with van der Waals surface area (Å²) in [6, 6.07) is 12.1. The fraction of sp³-hybridized carbons (Fsp3) is 0.212. The fourth-order valence-corrected chi connectivity index (χ4v) is 4.10. The van der Waals surface area contributed by atoms with Crippen LogP contribution in [-0.2, 0) is 33.4 Å². The van der Waals surface area contributed by atoms with Crippen molar-refractivity contribution in [3.63, 3.8) is 0 Å². The third-order valence-electron chi connectivity index (χ3n) is 6.32. The van der Waals surface area contributed by atoms with E-state index >= 15 is 0 Å². The van der Waals surface area contributed by atoms with E-state index in [9.17, 15) is 43.5 Å². The predicted octanol–water partition coefficient (Wildman–Crippen LogP) is 1.81. The molecule has 0 saturated carbocycles. The van der Waals surface area contributed by atoms with Crippen LogP contribution in [0.15, 0.2) is 60.7 Å². The van der Waals surface area contributed by atoms with E-state index in [4.69, 9.17) is 28.4 Å². The maximum atomic E-state index is 13.4. The number of hydrogen-bond donors (Lipinski definition) is 4. The van der Waals surface area contributed by atoms with Crippen LogP contribution in [0.4, 0.5) is 5.69 Å². The van der Waals surface area contributed by atoms with E-state index in [1.165, 1.54) is 57.5 Å². The first-order valence-electron chi connectivity index (χ1n) is 14.5. The number of hydrogen-bond acceptors (Lipinski definition) is 14. The van der Waals surface area contributed by atoms with Gasteiger partial charge in [0, 0.05) is 32.0 Å². The average Bonchev–Trinajstić information content (AvgIpc) is 3.08. The Labute approximate surface area is 288 Å². The van der Waals surface area contributed by atoms with Gasteiger partial charge >= 0.3 is 29.8 Å². The van der Waals surface area contributed by atoms with Crippen molar-refractivity contribution in [2.45, 2.75) is 33.0 Å².